The second kappa shape index (κ2) is 9.82. The summed E-state index contributed by atoms with van der Waals surface area (Å²) in [5, 5.41) is 17.0. The molecule has 5 nitrogen and oxygen atoms in total. The van der Waals surface area contributed by atoms with Gasteiger partial charge in [-0.15, -0.1) is 0 Å². The lowest BCUT2D eigenvalue weighted by Gasteiger charge is -2.17. The topological polar surface area (TPSA) is 58.2 Å². The van der Waals surface area contributed by atoms with Crippen molar-refractivity contribution in [3.8, 4) is 0 Å². The molecule has 0 atom stereocenters. The summed E-state index contributed by atoms with van der Waals surface area (Å²) in [4.78, 5) is 10.4. The van der Waals surface area contributed by atoms with Crippen molar-refractivity contribution in [2.24, 2.45) is 0 Å². The highest BCUT2D eigenvalue weighted by Crippen LogP contribution is 2.44. The van der Waals surface area contributed by atoms with Crippen LogP contribution in [0.5, 0.6) is 0 Å². The first-order valence-electron chi connectivity index (χ1n) is 11.5. The summed E-state index contributed by atoms with van der Waals surface area (Å²) >= 11 is 6.51. The smallest absolute Gasteiger partial charge is 0.269 e. The summed E-state index contributed by atoms with van der Waals surface area (Å²) in [5.41, 5.74) is 4.44. The minimum atomic E-state index is -0.415. The number of unbranched alkanes of at least 4 members (excludes halogenated alkanes) is 1. The molecule has 1 aliphatic rings. The second-order valence-electron chi connectivity index (χ2n) is 9.01. The van der Waals surface area contributed by atoms with Crippen LogP contribution in [0.2, 0.25) is 0 Å². The number of hydrogen-bond donors (Lipinski definition) is 1. The zero-order valence-corrected chi connectivity index (χ0v) is 20.5. The van der Waals surface area contributed by atoms with E-state index in [1.165, 1.54) is 39.9 Å². The minimum absolute atomic E-state index is 0.0552. The molecule has 1 N–H and O–H groups in total. The third kappa shape index (κ3) is 4.62. The van der Waals surface area contributed by atoms with E-state index in [1.807, 2.05) is 6.08 Å². The lowest BCUT2D eigenvalue weighted by Crippen LogP contribution is -2.28. The summed E-state index contributed by atoms with van der Waals surface area (Å²) in [6.07, 6.45) is 7.94. The van der Waals surface area contributed by atoms with E-state index < -0.39 is 4.92 Å². The van der Waals surface area contributed by atoms with Crippen LogP contribution in [-0.4, -0.2) is 21.8 Å². The Morgan fingerprint density at radius 2 is 1.85 bits per heavy atom. The Morgan fingerprint density at radius 3 is 2.56 bits per heavy atom. The Morgan fingerprint density at radius 1 is 1.12 bits per heavy atom. The number of fused-ring (bicyclic) bond motifs is 3. The summed E-state index contributed by atoms with van der Waals surface area (Å²) in [6.45, 7) is 7.71. The van der Waals surface area contributed by atoms with Crippen LogP contribution in [0.1, 0.15) is 39.2 Å². The fourth-order valence-electron chi connectivity index (χ4n) is 4.63. The van der Waals surface area contributed by atoms with Crippen molar-refractivity contribution in [2.75, 3.05) is 11.9 Å². The number of halogens is 1. The van der Waals surface area contributed by atoms with Crippen LogP contribution in [0.4, 0.5) is 17.1 Å². The van der Waals surface area contributed by atoms with Gasteiger partial charge >= 0.3 is 0 Å². The average molecular weight is 475 g/mol. The van der Waals surface area contributed by atoms with Crippen LogP contribution in [0.15, 0.2) is 84.0 Å². The van der Waals surface area contributed by atoms with Gasteiger partial charge in [0.2, 0.25) is 5.69 Å². The van der Waals surface area contributed by atoms with Crippen LogP contribution in [0.25, 0.3) is 10.8 Å². The van der Waals surface area contributed by atoms with Crippen LogP contribution in [-0.2, 0) is 5.41 Å². The molecule has 0 amide bonds. The number of nitrogens with one attached hydrogen (secondary N) is 1. The quantitative estimate of drug-likeness (QED) is 0.158. The zero-order valence-electron chi connectivity index (χ0n) is 19.7. The van der Waals surface area contributed by atoms with Crippen molar-refractivity contribution >= 4 is 45.1 Å². The van der Waals surface area contributed by atoms with Crippen LogP contribution in [0.3, 0.4) is 0 Å². The molecule has 174 valence electrons. The lowest BCUT2D eigenvalue weighted by atomic mass is 9.79. The van der Waals surface area contributed by atoms with Gasteiger partial charge in [-0.2, -0.15) is 4.58 Å². The predicted molar refractivity (Wildman–Crippen MR) is 141 cm³/mol. The number of hydrogen-bond acceptors (Lipinski definition) is 3. The van der Waals surface area contributed by atoms with Gasteiger partial charge < -0.3 is 5.32 Å². The monoisotopic (exact) mass is 474 g/mol. The molecule has 0 spiro atoms. The molecule has 3 aromatic rings. The molecule has 0 saturated heterocycles. The fraction of sp³-hybridized carbons (Fsp3) is 0.250. The first-order chi connectivity index (χ1) is 16.3. The van der Waals surface area contributed by atoms with E-state index in [0.717, 1.165) is 25.1 Å². The van der Waals surface area contributed by atoms with Gasteiger partial charge in [0, 0.05) is 48.1 Å². The molecule has 6 heteroatoms. The molecule has 3 aromatic carbocycles. The number of nitro groups is 1. The first-order valence-corrected chi connectivity index (χ1v) is 11.9. The Bertz CT molecular complexity index is 1320. The Hall–Kier alpha value is -3.44. The van der Waals surface area contributed by atoms with E-state index >= 15 is 0 Å². The minimum Gasteiger partial charge on any atom is -0.360 e. The normalized spacial score (nSPS) is 15.2. The van der Waals surface area contributed by atoms with Gasteiger partial charge in [-0.25, -0.2) is 0 Å². The lowest BCUT2D eigenvalue weighted by molar-refractivity contribution is -0.438. The molecule has 0 radical (unpaired) electrons. The van der Waals surface area contributed by atoms with E-state index in [-0.39, 0.29) is 11.1 Å². The molecule has 34 heavy (non-hydrogen) atoms. The molecule has 4 rings (SSSR count). The van der Waals surface area contributed by atoms with E-state index in [2.05, 4.69) is 73.1 Å². The van der Waals surface area contributed by atoms with Crippen LogP contribution >= 0.6 is 11.6 Å². The number of non-ortho nitro benzene ring substituents is 1. The van der Waals surface area contributed by atoms with Gasteiger partial charge in [0.15, 0.2) is 5.71 Å². The first kappa shape index (κ1) is 23.7. The SMILES string of the molecule is CCCC[N+]1=C(/C=C/C(Cl)=C/Nc2ccc([N+](=O)[O-])cc2)C(C)(C)c2c1ccc1ccccc21. The Labute approximate surface area is 205 Å². The molecule has 1 aliphatic heterocycles. The number of nitrogens with zero attached hydrogens (tertiary/aromatic N) is 2. The summed E-state index contributed by atoms with van der Waals surface area (Å²) in [6, 6.07) is 19.2. The molecule has 0 fully saturated rings. The van der Waals surface area contributed by atoms with Crippen LogP contribution in [0, 0.1) is 10.1 Å². The van der Waals surface area contributed by atoms with Gasteiger partial charge in [0.05, 0.1) is 15.4 Å². The van der Waals surface area contributed by atoms with E-state index in [4.69, 9.17) is 11.6 Å². The second-order valence-corrected chi connectivity index (χ2v) is 9.44. The maximum Gasteiger partial charge on any atom is 0.269 e. The molecular weight excluding hydrogens is 446 g/mol. The maximum absolute atomic E-state index is 10.8. The Kier molecular flexibility index (Phi) is 6.85. The molecule has 0 bridgehead atoms. The third-order valence-electron chi connectivity index (χ3n) is 6.34. The third-order valence-corrected chi connectivity index (χ3v) is 6.58. The molecule has 1 heterocycles. The number of benzene rings is 3. The summed E-state index contributed by atoms with van der Waals surface area (Å²) in [7, 11) is 0. The molecule has 0 aliphatic carbocycles. The zero-order chi connectivity index (χ0) is 24.3. The highest BCUT2D eigenvalue weighted by Gasteiger charge is 2.45. The number of allylic oxidation sites excluding steroid dienone is 3. The van der Waals surface area contributed by atoms with Gasteiger partial charge in [-0.05, 0) is 48.9 Å². The van der Waals surface area contributed by atoms with Crippen molar-refractivity contribution in [1.29, 1.82) is 0 Å². The van der Waals surface area contributed by atoms with Gasteiger partial charge in [-0.1, -0.05) is 49.2 Å². The van der Waals surface area contributed by atoms with Gasteiger partial charge in [-0.3, -0.25) is 10.1 Å². The van der Waals surface area contributed by atoms with Crippen molar-refractivity contribution in [3.63, 3.8) is 0 Å². The van der Waals surface area contributed by atoms with E-state index in [1.54, 1.807) is 18.3 Å². The standard InChI is InChI=1S/C28H28ClN3O2/c1-4-5-18-31-25-16-10-20-8-6-7-9-24(20)27(25)28(2,3)26(31)17-11-21(29)19-30-22-12-14-23(15-13-22)32(33)34/h6-17,19H,4-5,18H2,1-3H3/p+1. The highest BCUT2D eigenvalue weighted by atomic mass is 35.5. The van der Waals surface area contributed by atoms with Crippen molar-refractivity contribution in [1.82, 2.24) is 0 Å². The summed E-state index contributed by atoms with van der Waals surface area (Å²) < 4.78 is 2.43. The molecular formula is C28H29ClN3O2+. The Balaban J connectivity index is 1.64. The molecule has 0 unspecified atom stereocenters. The highest BCUT2D eigenvalue weighted by molar-refractivity contribution is 6.31. The predicted octanol–water partition coefficient (Wildman–Crippen LogP) is 7.67. The van der Waals surface area contributed by atoms with E-state index in [9.17, 15) is 10.1 Å². The average Bonchev–Trinajstić information content (AvgIpc) is 3.06. The van der Waals surface area contributed by atoms with Gasteiger partial charge in [0.1, 0.15) is 6.54 Å². The van der Waals surface area contributed by atoms with Gasteiger partial charge in [0.25, 0.3) is 5.69 Å². The van der Waals surface area contributed by atoms with E-state index in [0.29, 0.717) is 5.03 Å². The maximum atomic E-state index is 10.8. The van der Waals surface area contributed by atoms with Crippen LogP contribution < -0.4 is 5.32 Å². The molecule has 0 aromatic heterocycles. The molecule has 0 saturated carbocycles. The summed E-state index contributed by atoms with van der Waals surface area (Å²) in [5.74, 6) is 0. The largest absolute Gasteiger partial charge is 0.360 e. The fourth-order valence-corrected chi connectivity index (χ4v) is 4.75. The number of anilines is 1. The van der Waals surface area contributed by atoms with Crippen molar-refractivity contribution in [3.05, 3.63) is 99.7 Å². The van der Waals surface area contributed by atoms with Crippen molar-refractivity contribution < 1.29 is 9.50 Å². The number of rotatable bonds is 8. The van der Waals surface area contributed by atoms with Crippen molar-refractivity contribution in [2.45, 2.75) is 39.0 Å². The number of nitro benzene ring substituents is 1.